The van der Waals surface area contributed by atoms with Crippen LogP contribution < -0.4 is 14.8 Å². The number of halogens is 1. The molecule has 0 amide bonds. The minimum Gasteiger partial charge on any atom is -0.493 e. The van der Waals surface area contributed by atoms with Crippen molar-refractivity contribution in [2.75, 3.05) is 20.7 Å². The second kappa shape index (κ2) is 7.16. The van der Waals surface area contributed by atoms with Crippen LogP contribution in [0.15, 0.2) is 12.1 Å². The van der Waals surface area contributed by atoms with Crippen molar-refractivity contribution in [3.05, 3.63) is 22.7 Å². The Labute approximate surface area is 125 Å². The molecular weight excluding hydrogens is 278 g/mol. The summed E-state index contributed by atoms with van der Waals surface area (Å²) in [4.78, 5) is 0. The molecule has 0 spiro atoms. The largest absolute Gasteiger partial charge is 0.493 e. The summed E-state index contributed by atoms with van der Waals surface area (Å²) in [6.07, 6.45) is 3.90. The first kappa shape index (κ1) is 15.4. The molecule has 20 heavy (non-hydrogen) atoms. The van der Waals surface area contributed by atoms with E-state index in [1.807, 2.05) is 0 Å². The summed E-state index contributed by atoms with van der Waals surface area (Å²) in [6.45, 7) is 0.411. The van der Waals surface area contributed by atoms with Crippen molar-refractivity contribution in [1.29, 1.82) is 0 Å². The summed E-state index contributed by atoms with van der Waals surface area (Å²) >= 11 is 6.25. The van der Waals surface area contributed by atoms with E-state index < -0.39 is 6.10 Å². The van der Waals surface area contributed by atoms with Gasteiger partial charge in [0.25, 0.3) is 0 Å². The lowest BCUT2D eigenvalue weighted by atomic mass is 10.1. The fourth-order valence-electron chi connectivity index (χ4n) is 2.62. The molecule has 0 saturated heterocycles. The second-order valence-electron chi connectivity index (χ2n) is 5.09. The number of rotatable bonds is 6. The van der Waals surface area contributed by atoms with Crippen LogP contribution in [0.25, 0.3) is 0 Å². The average Bonchev–Trinajstić information content (AvgIpc) is 2.92. The van der Waals surface area contributed by atoms with Crippen molar-refractivity contribution in [2.45, 2.75) is 37.9 Å². The molecule has 0 aliphatic heterocycles. The average molecular weight is 300 g/mol. The number of aliphatic hydroxyl groups is 1. The van der Waals surface area contributed by atoms with E-state index in [0.29, 0.717) is 28.6 Å². The number of aliphatic hydroxyl groups excluding tert-OH is 1. The Balaban J connectivity index is 2.35. The van der Waals surface area contributed by atoms with Gasteiger partial charge in [0.2, 0.25) is 0 Å². The number of ether oxygens (including phenoxy) is 2. The third-order valence-corrected chi connectivity index (χ3v) is 3.97. The second-order valence-corrected chi connectivity index (χ2v) is 5.50. The number of likely N-dealkylation sites (N-methyl/N-ethyl adjacent to an activating group) is 1. The molecule has 1 aliphatic carbocycles. The number of nitrogens with one attached hydrogen (secondary N) is 1. The van der Waals surface area contributed by atoms with E-state index >= 15 is 0 Å². The maximum absolute atomic E-state index is 10.3. The van der Waals surface area contributed by atoms with Gasteiger partial charge in [-0.2, -0.15) is 0 Å². The predicted molar refractivity (Wildman–Crippen MR) is 79.8 cm³/mol. The molecular formula is C15H22ClNO3. The Morgan fingerprint density at radius 1 is 1.40 bits per heavy atom. The summed E-state index contributed by atoms with van der Waals surface area (Å²) in [5, 5.41) is 13.7. The standard InChI is InChI=1S/C15H22ClNO3/c1-17-9-12(18)14-11(16)7-8-13(19-2)15(14)20-10-5-3-4-6-10/h7-8,10,12,17-18H,3-6,9H2,1-2H3. The molecule has 0 heterocycles. The van der Waals surface area contributed by atoms with E-state index in [9.17, 15) is 5.11 Å². The van der Waals surface area contributed by atoms with Crippen molar-refractivity contribution in [1.82, 2.24) is 5.32 Å². The van der Waals surface area contributed by atoms with Crippen LogP contribution in [0.5, 0.6) is 11.5 Å². The van der Waals surface area contributed by atoms with E-state index in [1.54, 1.807) is 26.3 Å². The third kappa shape index (κ3) is 3.37. The van der Waals surface area contributed by atoms with Gasteiger partial charge in [0.05, 0.1) is 24.3 Å². The van der Waals surface area contributed by atoms with Crippen molar-refractivity contribution in [3.8, 4) is 11.5 Å². The van der Waals surface area contributed by atoms with Gasteiger partial charge in [-0.15, -0.1) is 0 Å². The third-order valence-electron chi connectivity index (χ3n) is 3.64. The molecule has 1 aliphatic rings. The molecule has 1 aromatic rings. The van der Waals surface area contributed by atoms with Gasteiger partial charge in [0, 0.05) is 12.1 Å². The summed E-state index contributed by atoms with van der Waals surface area (Å²) in [7, 11) is 3.38. The number of hydrogen-bond acceptors (Lipinski definition) is 4. The monoisotopic (exact) mass is 299 g/mol. The van der Waals surface area contributed by atoms with Crippen LogP contribution in [-0.2, 0) is 0 Å². The van der Waals surface area contributed by atoms with Crippen molar-refractivity contribution >= 4 is 11.6 Å². The molecule has 4 nitrogen and oxygen atoms in total. The molecule has 1 atom stereocenters. The molecule has 1 aromatic carbocycles. The van der Waals surface area contributed by atoms with Crippen LogP contribution >= 0.6 is 11.6 Å². The Bertz CT molecular complexity index is 447. The van der Waals surface area contributed by atoms with E-state index in [4.69, 9.17) is 21.1 Å². The fraction of sp³-hybridized carbons (Fsp3) is 0.600. The summed E-state index contributed by atoms with van der Waals surface area (Å²) in [5.74, 6) is 1.20. The van der Waals surface area contributed by atoms with Crippen LogP contribution in [0.2, 0.25) is 5.02 Å². The van der Waals surface area contributed by atoms with Gasteiger partial charge >= 0.3 is 0 Å². The van der Waals surface area contributed by atoms with Gasteiger partial charge in [-0.1, -0.05) is 11.6 Å². The fourth-order valence-corrected chi connectivity index (χ4v) is 2.89. The maximum Gasteiger partial charge on any atom is 0.168 e. The SMILES string of the molecule is CNCC(O)c1c(Cl)ccc(OC)c1OC1CCCC1. The first-order valence-electron chi connectivity index (χ1n) is 7.03. The van der Waals surface area contributed by atoms with Crippen LogP contribution in [0.3, 0.4) is 0 Å². The minimum absolute atomic E-state index is 0.183. The number of benzene rings is 1. The zero-order valence-electron chi connectivity index (χ0n) is 12.0. The summed E-state index contributed by atoms with van der Waals surface area (Å²) < 4.78 is 11.4. The highest BCUT2D eigenvalue weighted by molar-refractivity contribution is 6.31. The molecule has 5 heteroatoms. The summed E-state index contributed by atoms with van der Waals surface area (Å²) in [5.41, 5.74) is 0.604. The van der Waals surface area contributed by atoms with E-state index in [0.717, 1.165) is 12.8 Å². The first-order chi connectivity index (χ1) is 9.67. The number of hydrogen-bond donors (Lipinski definition) is 2. The highest BCUT2D eigenvalue weighted by Crippen LogP contribution is 2.41. The van der Waals surface area contributed by atoms with Gasteiger partial charge < -0.3 is 19.9 Å². The minimum atomic E-state index is -0.723. The highest BCUT2D eigenvalue weighted by atomic mass is 35.5. The Hall–Kier alpha value is -0.970. The maximum atomic E-state index is 10.3. The Kier molecular flexibility index (Phi) is 5.52. The number of methoxy groups -OCH3 is 1. The van der Waals surface area contributed by atoms with Gasteiger partial charge in [0.15, 0.2) is 11.5 Å². The van der Waals surface area contributed by atoms with Crippen LogP contribution in [0, 0.1) is 0 Å². The molecule has 1 fully saturated rings. The molecule has 0 bridgehead atoms. The lowest BCUT2D eigenvalue weighted by Gasteiger charge is -2.22. The van der Waals surface area contributed by atoms with Crippen LogP contribution in [-0.4, -0.2) is 31.9 Å². The van der Waals surface area contributed by atoms with E-state index in [-0.39, 0.29) is 6.10 Å². The molecule has 0 radical (unpaired) electrons. The molecule has 0 aromatic heterocycles. The van der Waals surface area contributed by atoms with Gasteiger partial charge in [-0.3, -0.25) is 0 Å². The normalized spacial score (nSPS) is 17.2. The first-order valence-corrected chi connectivity index (χ1v) is 7.41. The summed E-state index contributed by atoms with van der Waals surface area (Å²) in [6, 6.07) is 3.51. The molecule has 1 saturated carbocycles. The highest BCUT2D eigenvalue weighted by Gasteiger charge is 2.25. The molecule has 112 valence electrons. The Morgan fingerprint density at radius 3 is 2.70 bits per heavy atom. The van der Waals surface area contributed by atoms with E-state index in [1.165, 1.54) is 12.8 Å². The zero-order chi connectivity index (χ0) is 14.5. The lowest BCUT2D eigenvalue weighted by Crippen LogP contribution is -2.20. The van der Waals surface area contributed by atoms with Crippen LogP contribution in [0.4, 0.5) is 0 Å². The predicted octanol–water partition coefficient (Wildman–Crippen LogP) is 2.92. The van der Waals surface area contributed by atoms with Gasteiger partial charge in [0.1, 0.15) is 0 Å². The topological polar surface area (TPSA) is 50.7 Å². The van der Waals surface area contributed by atoms with Crippen LogP contribution in [0.1, 0.15) is 37.4 Å². The smallest absolute Gasteiger partial charge is 0.168 e. The lowest BCUT2D eigenvalue weighted by molar-refractivity contribution is 0.156. The van der Waals surface area contributed by atoms with Crippen molar-refractivity contribution in [2.24, 2.45) is 0 Å². The van der Waals surface area contributed by atoms with Gasteiger partial charge in [-0.05, 0) is 44.9 Å². The Morgan fingerprint density at radius 2 is 2.10 bits per heavy atom. The van der Waals surface area contributed by atoms with Crippen molar-refractivity contribution < 1.29 is 14.6 Å². The molecule has 2 rings (SSSR count). The quantitative estimate of drug-likeness (QED) is 0.848. The van der Waals surface area contributed by atoms with E-state index in [2.05, 4.69) is 5.32 Å². The van der Waals surface area contributed by atoms with Gasteiger partial charge in [-0.25, -0.2) is 0 Å². The molecule has 1 unspecified atom stereocenters. The zero-order valence-corrected chi connectivity index (χ0v) is 12.7. The molecule has 2 N–H and O–H groups in total. The van der Waals surface area contributed by atoms with Crippen molar-refractivity contribution in [3.63, 3.8) is 0 Å².